The zero-order valence-electron chi connectivity index (χ0n) is 13.1. The molecule has 122 valence electrons. The summed E-state index contributed by atoms with van der Waals surface area (Å²) in [6, 6.07) is 5.29. The monoisotopic (exact) mass is 319 g/mol. The fourth-order valence-corrected chi connectivity index (χ4v) is 2.21. The highest BCUT2D eigenvalue weighted by Crippen LogP contribution is 2.28. The average molecular weight is 319 g/mol. The molecule has 2 aromatic rings. The fourth-order valence-electron chi connectivity index (χ4n) is 2.21. The van der Waals surface area contributed by atoms with Gasteiger partial charge in [-0.25, -0.2) is 14.2 Å². The minimum absolute atomic E-state index is 0.175. The van der Waals surface area contributed by atoms with E-state index in [4.69, 9.17) is 9.47 Å². The van der Waals surface area contributed by atoms with E-state index >= 15 is 0 Å². The van der Waals surface area contributed by atoms with Crippen LogP contribution in [0.5, 0.6) is 5.75 Å². The number of ether oxygens (including phenoxy) is 2. The lowest BCUT2D eigenvalue weighted by Gasteiger charge is -2.20. The molecule has 0 saturated heterocycles. The van der Waals surface area contributed by atoms with Crippen LogP contribution >= 0.6 is 0 Å². The predicted molar refractivity (Wildman–Crippen MR) is 79.5 cm³/mol. The minimum Gasteiger partial charge on any atom is -0.483 e. The number of rotatable bonds is 2. The van der Waals surface area contributed by atoms with E-state index in [2.05, 4.69) is 15.0 Å². The first kappa shape index (κ1) is 15.1. The van der Waals surface area contributed by atoms with Crippen LogP contribution in [0.25, 0.3) is 5.69 Å². The molecule has 0 aliphatic carbocycles. The van der Waals surface area contributed by atoms with Crippen LogP contribution in [0.4, 0.5) is 4.79 Å². The molecule has 1 aromatic carbocycles. The molecule has 8 heteroatoms. The van der Waals surface area contributed by atoms with Gasteiger partial charge in [0, 0.05) is 6.54 Å². The summed E-state index contributed by atoms with van der Waals surface area (Å²) < 4.78 is 16.7. The molecule has 3 rings (SSSR count). The van der Waals surface area contributed by atoms with Gasteiger partial charge in [-0.1, -0.05) is 11.2 Å². The number of alkyl carbamates (subject to hydrolysis) is 1. The van der Waals surface area contributed by atoms with Crippen molar-refractivity contribution in [3.05, 3.63) is 40.1 Å². The van der Waals surface area contributed by atoms with E-state index in [0.717, 1.165) is 5.56 Å². The van der Waals surface area contributed by atoms with E-state index in [0.29, 0.717) is 17.3 Å². The Balaban J connectivity index is 1.78. The van der Waals surface area contributed by atoms with Crippen LogP contribution in [0.2, 0.25) is 0 Å². The highest BCUT2D eigenvalue weighted by molar-refractivity contribution is 5.67. The Labute approximate surface area is 132 Å². The first-order valence-corrected chi connectivity index (χ1v) is 7.14. The predicted octanol–water partition coefficient (Wildman–Crippen LogP) is 1.74. The molecule has 1 N–H and O–H groups in total. The van der Waals surface area contributed by atoms with Crippen molar-refractivity contribution in [3.8, 4) is 11.4 Å². The molecule has 0 atom stereocenters. The third-order valence-corrected chi connectivity index (χ3v) is 3.13. The maximum absolute atomic E-state index is 11.7. The molecule has 2 heterocycles. The second-order valence-corrected chi connectivity index (χ2v) is 6.15. The molecule has 1 aliphatic heterocycles. The quantitative estimate of drug-likeness (QED) is 0.906. The summed E-state index contributed by atoms with van der Waals surface area (Å²) in [7, 11) is 0. The molecule has 1 aromatic heterocycles. The molecule has 0 fully saturated rings. The van der Waals surface area contributed by atoms with Crippen molar-refractivity contribution in [1.82, 2.24) is 15.0 Å². The van der Waals surface area contributed by atoms with Crippen LogP contribution < -0.4 is 15.8 Å². The Morgan fingerprint density at radius 1 is 1.43 bits per heavy atom. The van der Waals surface area contributed by atoms with Gasteiger partial charge in [0.2, 0.25) is 0 Å². The Morgan fingerprint density at radius 2 is 2.22 bits per heavy atom. The summed E-state index contributed by atoms with van der Waals surface area (Å²) in [5.74, 6) is 0.394. The van der Waals surface area contributed by atoms with Crippen LogP contribution in [0, 0.1) is 0 Å². The summed E-state index contributed by atoms with van der Waals surface area (Å²) >= 11 is 0. The molecule has 1 aliphatic rings. The maximum atomic E-state index is 11.7. The number of nitrogens with one attached hydrogen (secondary N) is 1. The van der Waals surface area contributed by atoms with Crippen LogP contribution in [-0.2, 0) is 17.9 Å². The van der Waals surface area contributed by atoms with Gasteiger partial charge in [-0.15, -0.1) is 0 Å². The second kappa shape index (κ2) is 5.45. The second-order valence-electron chi connectivity index (χ2n) is 6.15. The first-order valence-electron chi connectivity index (χ1n) is 7.14. The lowest BCUT2D eigenvalue weighted by atomic mass is 10.1. The van der Waals surface area contributed by atoms with Crippen molar-refractivity contribution in [1.29, 1.82) is 0 Å². The van der Waals surface area contributed by atoms with Gasteiger partial charge in [-0.3, -0.25) is 4.52 Å². The van der Waals surface area contributed by atoms with Gasteiger partial charge < -0.3 is 14.8 Å². The molecule has 0 radical (unpaired) electrons. The molecular formula is C15H17N3O5. The summed E-state index contributed by atoms with van der Waals surface area (Å²) in [4.78, 5) is 23.4. The van der Waals surface area contributed by atoms with Crippen LogP contribution in [0.1, 0.15) is 32.2 Å². The number of aromatic nitrogens is 2. The third kappa shape index (κ3) is 3.20. The van der Waals surface area contributed by atoms with E-state index in [-0.39, 0.29) is 13.2 Å². The van der Waals surface area contributed by atoms with Gasteiger partial charge in [0.15, 0.2) is 12.4 Å². The Hall–Kier alpha value is -2.77. The summed E-state index contributed by atoms with van der Waals surface area (Å²) in [5.41, 5.74) is 0.776. The lowest BCUT2D eigenvalue weighted by molar-refractivity contribution is 0.0523. The molecule has 1 amide bonds. The topological polar surface area (TPSA) is 95.6 Å². The van der Waals surface area contributed by atoms with E-state index < -0.39 is 17.5 Å². The van der Waals surface area contributed by atoms with Gasteiger partial charge in [0.25, 0.3) is 0 Å². The molecule has 0 bridgehead atoms. The Bertz CT molecular complexity index is 800. The van der Waals surface area contributed by atoms with Gasteiger partial charge in [0.1, 0.15) is 11.4 Å². The number of hydrogen-bond donors (Lipinski definition) is 1. The Morgan fingerprint density at radius 3 is 2.96 bits per heavy atom. The first-order chi connectivity index (χ1) is 10.8. The molecular weight excluding hydrogens is 302 g/mol. The smallest absolute Gasteiger partial charge is 0.446 e. The van der Waals surface area contributed by atoms with E-state index in [1.165, 1.54) is 4.57 Å². The molecule has 8 nitrogen and oxygen atoms in total. The number of nitrogens with zero attached hydrogens (tertiary/aromatic N) is 2. The molecule has 0 saturated carbocycles. The standard InChI is InChI=1S/C15H17N3O5/c1-15(2,3)22-13(19)16-7-9-4-5-11-10(6-9)18-12(8-21-11)17-23-14(18)20/h4-6H,7-8H2,1-3H3,(H,16,19). The van der Waals surface area contributed by atoms with Crippen molar-refractivity contribution in [2.24, 2.45) is 0 Å². The van der Waals surface area contributed by atoms with Crippen molar-refractivity contribution in [3.63, 3.8) is 0 Å². The number of fused-ring (bicyclic) bond motifs is 3. The molecule has 23 heavy (non-hydrogen) atoms. The minimum atomic E-state index is -0.568. The fraction of sp³-hybridized carbons (Fsp3) is 0.400. The number of hydrogen-bond acceptors (Lipinski definition) is 6. The normalized spacial score (nSPS) is 12.8. The third-order valence-electron chi connectivity index (χ3n) is 3.13. The zero-order chi connectivity index (χ0) is 16.6. The number of amides is 1. The zero-order valence-corrected chi connectivity index (χ0v) is 13.1. The van der Waals surface area contributed by atoms with Crippen LogP contribution in [-0.4, -0.2) is 21.4 Å². The average Bonchev–Trinajstić information content (AvgIpc) is 2.85. The molecule has 0 spiro atoms. The highest BCUT2D eigenvalue weighted by Gasteiger charge is 2.22. The van der Waals surface area contributed by atoms with Gasteiger partial charge in [-0.2, -0.15) is 0 Å². The SMILES string of the molecule is CC(C)(C)OC(=O)NCc1ccc2c(c1)-n1c(noc1=O)CO2. The lowest BCUT2D eigenvalue weighted by Crippen LogP contribution is -2.32. The number of carbonyl (C=O) groups is 1. The van der Waals surface area contributed by atoms with E-state index in [1.807, 2.05) is 0 Å². The van der Waals surface area contributed by atoms with Gasteiger partial charge in [-0.05, 0) is 38.5 Å². The summed E-state index contributed by atoms with van der Waals surface area (Å²) in [6.45, 7) is 5.82. The van der Waals surface area contributed by atoms with E-state index in [9.17, 15) is 9.59 Å². The van der Waals surface area contributed by atoms with Crippen molar-refractivity contribution in [2.45, 2.75) is 39.5 Å². The Kier molecular flexibility index (Phi) is 3.59. The van der Waals surface area contributed by atoms with Crippen molar-refractivity contribution >= 4 is 6.09 Å². The van der Waals surface area contributed by atoms with Crippen LogP contribution in [0.3, 0.4) is 0 Å². The van der Waals surface area contributed by atoms with Gasteiger partial charge in [0.05, 0.1) is 5.69 Å². The highest BCUT2D eigenvalue weighted by atomic mass is 16.6. The largest absolute Gasteiger partial charge is 0.483 e. The van der Waals surface area contributed by atoms with E-state index in [1.54, 1.807) is 39.0 Å². The number of carbonyl (C=O) groups excluding carboxylic acids is 1. The number of benzene rings is 1. The summed E-state index contributed by atoms with van der Waals surface area (Å²) in [5, 5.41) is 6.33. The van der Waals surface area contributed by atoms with Crippen molar-refractivity contribution < 1.29 is 18.8 Å². The van der Waals surface area contributed by atoms with Crippen molar-refractivity contribution in [2.75, 3.05) is 0 Å². The van der Waals surface area contributed by atoms with Crippen LogP contribution in [0.15, 0.2) is 27.5 Å². The summed E-state index contributed by atoms with van der Waals surface area (Å²) in [6.07, 6.45) is -0.505. The molecule has 0 unspecified atom stereocenters. The van der Waals surface area contributed by atoms with Gasteiger partial charge >= 0.3 is 11.8 Å². The maximum Gasteiger partial charge on any atom is 0.446 e.